The Hall–Kier alpha value is -1.79. The van der Waals surface area contributed by atoms with Gasteiger partial charge in [-0.2, -0.15) is 0 Å². The van der Waals surface area contributed by atoms with Gasteiger partial charge in [0.15, 0.2) is 0 Å². The molecule has 1 aromatic rings. The monoisotopic (exact) mass is 336 g/mol. The summed E-state index contributed by atoms with van der Waals surface area (Å²) in [7, 11) is 3.12. The molecule has 1 aliphatic rings. The molecule has 0 aromatic heterocycles. The quantitative estimate of drug-likeness (QED) is 0.823. The van der Waals surface area contributed by atoms with Crippen LogP contribution < -0.4 is 14.8 Å². The maximum absolute atomic E-state index is 12.5. The Morgan fingerprint density at radius 1 is 1.38 bits per heavy atom. The predicted molar refractivity (Wildman–Crippen MR) is 92.9 cm³/mol. The maximum atomic E-state index is 12.5. The number of hydrogen-bond acceptors (Lipinski definition) is 5. The number of morpholine rings is 1. The highest BCUT2D eigenvalue weighted by atomic mass is 16.5. The summed E-state index contributed by atoms with van der Waals surface area (Å²) in [5.74, 6) is 1.59. The van der Waals surface area contributed by atoms with Gasteiger partial charge in [-0.1, -0.05) is 13.8 Å². The summed E-state index contributed by atoms with van der Waals surface area (Å²) in [5, 5.41) is 2.94. The fourth-order valence-corrected chi connectivity index (χ4v) is 2.88. The minimum Gasteiger partial charge on any atom is -0.497 e. The van der Waals surface area contributed by atoms with Crippen LogP contribution in [0.25, 0.3) is 0 Å². The molecule has 1 unspecified atom stereocenters. The van der Waals surface area contributed by atoms with Crippen LogP contribution >= 0.6 is 0 Å². The molecule has 2 rings (SSSR count). The molecule has 6 nitrogen and oxygen atoms in total. The summed E-state index contributed by atoms with van der Waals surface area (Å²) in [6.07, 6.45) is 0.0121. The second kappa shape index (κ2) is 8.89. The Labute approximate surface area is 144 Å². The Kier molecular flexibility index (Phi) is 6.87. The SMILES string of the molecule is COc1ccc(OC)c(C(=O)NCC2CN(CC(C)C)CCO2)c1. The summed E-state index contributed by atoms with van der Waals surface area (Å²) in [6.45, 7) is 8.45. The summed E-state index contributed by atoms with van der Waals surface area (Å²) in [5.41, 5.74) is 0.465. The van der Waals surface area contributed by atoms with Crippen molar-refractivity contribution < 1.29 is 19.0 Å². The Morgan fingerprint density at radius 3 is 2.83 bits per heavy atom. The van der Waals surface area contributed by atoms with Crippen molar-refractivity contribution in [2.75, 3.05) is 47.0 Å². The molecule has 24 heavy (non-hydrogen) atoms. The van der Waals surface area contributed by atoms with Crippen molar-refractivity contribution in [2.45, 2.75) is 20.0 Å². The number of rotatable bonds is 7. The van der Waals surface area contributed by atoms with Gasteiger partial charge in [0.2, 0.25) is 0 Å². The molecule has 0 saturated carbocycles. The smallest absolute Gasteiger partial charge is 0.255 e. The molecule has 1 saturated heterocycles. The van der Waals surface area contributed by atoms with Crippen molar-refractivity contribution in [3.63, 3.8) is 0 Å². The minimum atomic E-state index is -0.185. The minimum absolute atomic E-state index is 0.0121. The van der Waals surface area contributed by atoms with Crippen molar-refractivity contribution >= 4 is 5.91 Å². The average Bonchev–Trinajstić information content (AvgIpc) is 2.58. The highest BCUT2D eigenvalue weighted by molar-refractivity contribution is 5.97. The van der Waals surface area contributed by atoms with Crippen LogP contribution in [0.3, 0.4) is 0 Å². The predicted octanol–water partition coefficient (Wildman–Crippen LogP) is 1.79. The van der Waals surface area contributed by atoms with Crippen LogP contribution in [0, 0.1) is 5.92 Å². The molecule has 0 spiro atoms. The highest BCUT2D eigenvalue weighted by Gasteiger charge is 2.22. The lowest BCUT2D eigenvalue weighted by Gasteiger charge is -2.34. The van der Waals surface area contributed by atoms with Gasteiger partial charge in [0.05, 0.1) is 32.5 Å². The van der Waals surface area contributed by atoms with Gasteiger partial charge in [-0.05, 0) is 24.1 Å². The number of hydrogen-bond donors (Lipinski definition) is 1. The lowest BCUT2D eigenvalue weighted by molar-refractivity contribution is -0.0295. The molecule has 1 aliphatic heterocycles. The van der Waals surface area contributed by atoms with Crippen LogP contribution in [0.2, 0.25) is 0 Å². The molecule has 1 fully saturated rings. The summed E-state index contributed by atoms with van der Waals surface area (Å²) < 4.78 is 16.2. The Balaban J connectivity index is 1.93. The fourth-order valence-electron chi connectivity index (χ4n) is 2.88. The van der Waals surface area contributed by atoms with Crippen molar-refractivity contribution in [1.82, 2.24) is 10.2 Å². The normalized spacial score (nSPS) is 18.5. The molecular formula is C18H28N2O4. The number of nitrogens with zero attached hydrogens (tertiary/aromatic N) is 1. The van der Waals surface area contributed by atoms with Gasteiger partial charge < -0.3 is 19.5 Å². The first kappa shape index (κ1) is 18.5. The topological polar surface area (TPSA) is 60.0 Å². The second-order valence-corrected chi connectivity index (χ2v) is 6.42. The van der Waals surface area contributed by atoms with Crippen LogP contribution in [0.5, 0.6) is 11.5 Å². The molecule has 1 aromatic carbocycles. The third kappa shape index (κ3) is 5.11. The number of ether oxygens (including phenoxy) is 3. The Bertz CT molecular complexity index is 548. The first-order valence-electron chi connectivity index (χ1n) is 8.37. The maximum Gasteiger partial charge on any atom is 0.255 e. The van der Waals surface area contributed by atoms with Crippen molar-refractivity contribution in [3.8, 4) is 11.5 Å². The molecule has 0 aliphatic carbocycles. The average molecular weight is 336 g/mol. The Morgan fingerprint density at radius 2 is 2.17 bits per heavy atom. The third-order valence-corrected chi connectivity index (χ3v) is 3.99. The van der Waals surface area contributed by atoms with E-state index in [1.54, 1.807) is 32.4 Å². The van der Waals surface area contributed by atoms with Crippen LogP contribution in [0.15, 0.2) is 18.2 Å². The van der Waals surface area contributed by atoms with E-state index in [1.165, 1.54) is 0 Å². The van der Waals surface area contributed by atoms with Gasteiger partial charge in [0, 0.05) is 26.2 Å². The van der Waals surface area contributed by atoms with E-state index in [0.717, 1.165) is 19.6 Å². The largest absolute Gasteiger partial charge is 0.497 e. The van der Waals surface area contributed by atoms with Crippen molar-refractivity contribution in [1.29, 1.82) is 0 Å². The van der Waals surface area contributed by atoms with Gasteiger partial charge >= 0.3 is 0 Å². The van der Waals surface area contributed by atoms with Crippen LogP contribution in [0.1, 0.15) is 24.2 Å². The summed E-state index contributed by atoms with van der Waals surface area (Å²) in [6, 6.07) is 5.18. The lowest BCUT2D eigenvalue weighted by atomic mass is 10.1. The molecule has 6 heteroatoms. The summed E-state index contributed by atoms with van der Waals surface area (Å²) in [4.78, 5) is 14.9. The number of carbonyl (C=O) groups excluding carboxylic acids is 1. The molecule has 1 N–H and O–H groups in total. The van der Waals surface area contributed by atoms with E-state index in [1.807, 2.05) is 0 Å². The molecule has 1 heterocycles. The van der Waals surface area contributed by atoms with Gasteiger partial charge in [0.25, 0.3) is 5.91 Å². The number of carbonyl (C=O) groups is 1. The van der Waals surface area contributed by atoms with E-state index in [0.29, 0.717) is 36.1 Å². The van der Waals surface area contributed by atoms with Gasteiger partial charge in [-0.15, -0.1) is 0 Å². The van der Waals surface area contributed by atoms with Gasteiger partial charge in [-0.3, -0.25) is 9.69 Å². The van der Waals surface area contributed by atoms with Crippen LogP contribution in [-0.4, -0.2) is 63.9 Å². The summed E-state index contributed by atoms with van der Waals surface area (Å²) >= 11 is 0. The van der Waals surface area contributed by atoms with E-state index in [-0.39, 0.29) is 12.0 Å². The lowest BCUT2D eigenvalue weighted by Crippen LogP contribution is -2.48. The van der Waals surface area contributed by atoms with E-state index in [9.17, 15) is 4.79 Å². The third-order valence-electron chi connectivity index (χ3n) is 3.99. The van der Waals surface area contributed by atoms with Crippen molar-refractivity contribution in [3.05, 3.63) is 23.8 Å². The number of amides is 1. The van der Waals surface area contributed by atoms with E-state index >= 15 is 0 Å². The van der Waals surface area contributed by atoms with Crippen LogP contribution in [-0.2, 0) is 4.74 Å². The number of methoxy groups -OCH3 is 2. The first-order valence-corrected chi connectivity index (χ1v) is 8.37. The molecule has 0 bridgehead atoms. The zero-order valence-electron chi connectivity index (χ0n) is 15.0. The van der Waals surface area contributed by atoms with Gasteiger partial charge in [0.1, 0.15) is 11.5 Å². The first-order chi connectivity index (χ1) is 11.5. The van der Waals surface area contributed by atoms with E-state index < -0.39 is 0 Å². The second-order valence-electron chi connectivity index (χ2n) is 6.42. The molecule has 134 valence electrons. The fraction of sp³-hybridized carbons (Fsp3) is 0.611. The number of nitrogens with one attached hydrogen (secondary N) is 1. The zero-order chi connectivity index (χ0) is 17.5. The van der Waals surface area contributed by atoms with E-state index in [4.69, 9.17) is 14.2 Å². The molecule has 1 amide bonds. The molecule has 1 atom stereocenters. The van der Waals surface area contributed by atoms with Crippen molar-refractivity contribution in [2.24, 2.45) is 5.92 Å². The standard InChI is InChI=1S/C18H28N2O4/c1-13(2)11-20-7-8-24-15(12-20)10-19-18(21)16-9-14(22-3)5-6-17(16)23-4/h5-6,9,13,15H,7-8,10-12H2,1-4H3,(H,19,21). The van der Waals surface area contributed by atoms with E-state index in [2.05, 4.69) is 24.1 Å². The highest BCUT2D eigenvalue weighted by Crippen LogP contribution is 2.23. The van der Waals surface area contributed by atoms with Gasteiger partial charge in [-0.25, -0.2) is 0 Å². The zero-order valence-corrected chi connectivity index (χ0v) is 15.0. The number of benzene rings is 1. The molecular weight excluding hydrogens is 308 g/mol. The van der Waals surface area contributed by atoms with Crippen LogP contribution in [0.4, 0.5) is 0 Å². The molecule has 0 radical (unpaired) electrons.